The van der Waals surface area contributed by atoms with Gasteiger partial charge < -0.3 is 0 Å². The van der Waals surface area contributed by atoms with Gasteiger partial charge in [0.2, 0.25) is 0 Å². The summed E-state index contributed by atoms with van der Waals surface area (Å²) in [5, 5.41) is 0. The lowest BCUT2D eigenvalue weighted by Crippen LogP contribution is -2.14. The van der Waals surface area contributed by atoms with Gasteiger partial charge in [-0.3, -0.25) is 0 Å². The van der Waals surface area contributed by atoms with Crippen molar-refractivity contribution in [3.8, 4) is 0 Å². The van der Waals surface area contributed by atoms with Crippen LogP contribution in [0.2, 0.25) is 0 Å². The van der Waals surface area contributed by atoms with E-state index in [-0.39, 0.29) is 12.0 Å². The Kier molecular flexibility index (Phi) is 2.07. The molecule has 0 aromatic heterocycles. The minimum Gasteiger partial charge on any atom is -0.166 e. The summed E-state index contributed by atoms with van der Waals surface area (Å²) in [7, 11) is 0. The fourth-order valence-electron chi connectivity index (χ4n) is 1.15. The normalized spacial score (nSPS) is 19.3. The average Bonchev–Trinajstić information content (AvgIpc) is 1.86. The number of halogens is 3. The van der Waals surface area contributed by atoms with Crippen molar-refractivity contribution < 1.29 is 13.2 Å². The molecule has 0 N–H and O–H groups in total. The molecular formula is C8H9F3. The molecule has 0 fully saturated rings. The lowest BCUT2D eigenvalue weighted by Gasteiger charge is -2.15. The molecule has 0 bridgehead atoms. The summed E-state index contributed by atoms with van der Waals surface area (Å²) < 4.78 is 36.3. The highest BCUT2D eigenvalue weighted by Gasteiger charge is 2.34. The van der Waals surface area contributed by atoms with Crippen molar-refractivity contribution >= 4 is 0 Å². The number of hydrogen-bond donors (Lipinski definition) is 0. The molecule has 0 heterocycles. The molecule has 1 aliphatic rings. The van der Waals surface area contributed by atoms with Crippen LogP contribution in [-0.2, 0) is 0 Å². The molecule has 3 heteroatoms. The topological polar surface area (TPSA) is 0 Å². The van der Waals surface area contributed by atoms with Crippen LogP contribution in [-0.4, -0.2) is 6.18 Å². The van der Waals surface area contributed by atoms with E-state index in [9.17, 15) is 13.2 Å². The highest BCUT2D eigenvalue weighted by molar-refractivity contribution is 5.30. The minimum absolute atomic E-state index is 0.131. The molecule has 0 aromatic rings. The lowest BCUT2D eigenvalue weighted by molar-refractivity contribution is -0.0947. The summed E-state index contributed by atoms with van der Waals surface area (Å²) in [5.41, 5.74) is -0.0243. The second-order valence-corrected chi connectivity index (χ2v) is 2.60. The van der Waals surface area contributed by atoms with Crippen LogP contribution in [0.3, 0.4) is 0 Å². The Hall–Kier alpha value is -0.730. The van der Waals surface area contributed by atoms with Crippen molar-refractivity contribution in [1.82, 2.24) is 0 Å². The number of allylic oxidation sites excluding steroid dienone is 4. The van der Waals surface area contributed by atoms with Gasteiger partial charge in [-0.05, 0) is 25.3 Å². The summed E-state index contributed by atoms with van der Waals surface area (Å²) in [5.74, 6) is 0. The van der Waals surface area contributed by atoms with Crippen LogP contribution < -0.4 is 0 Å². The van der Waals surface area contributed by atoms with Crippen molar-refractivity contribution in [1.29, 1.82) is 0 Å². The monoisotopic (exact) mass is 162 g/mol. The van der Waals surface area contributed by atoms with E-state index in [2.05, 4.69) is 0 Å². The minimum atomic E-state index is -4.13. The molecule has 0 radical (unpaired) electrons. The first-order valence-corrected chi connectivity index (χ1v) is 3.45. The molecule has 0 saturated carbocycles. The van der Waals surface area contributed by atoms with E-state index in [1.165, 1.54) is 13.0 Å². The maximum atomic E-state index is 12.1. The summed E-state index contributed by atoms with van der Waals surface area (Å²) in [4.78, 5) is 0. The Balaban J connectivity index is 2.93. The second kappa shape index (κ2) is 2.72. The number of alkyl halides is 3. The van der Waals surface area contributed by atoms with Gasteiger partial charge >= 0.3 is 6.18 Å². The lowest BCUT2D eigenvalue weighted by atomic mass is 9.98. The zero-order valence-electron chi connectivity index (χ0n) is 6.20. The van der Waals surface area contributed by atoms with Crippen molar-refractivity contribution in [3.05, 3.63) is 23.3 Å². The van der Waals surface area contributed by atoms with Crippen LogP contribution in [0.25, 0.3) is 0 Å². The predicted molar refractivity (Wildman–Crippen MR) is 37.1 cm³/mol. The Morgan fingerprint density at radius 3 is 2.36 bits per heavy atom. The van der Waals surface area contributed by atoms with Gasteiger partial charge in [-0.15, -0.1) is 0 Å². The zero-order valence-corrected chi connectivity index (χ0v) is 6.20. The molecule has 0 saturated heterocycles. The van der Waals surface area contributed by atoms with Gasteiger partial charge in [-0.25, -0.2) is 0 Å². The third kappa shape index (κ3) is 1.85. The maximum Gasteiger partial charge on any atom is 0.412 e. The Bertz CT molecular complexity index is 208. The standard InChI is InChI=1S/C8H9F3/c1-6-4-2-3-5-7(6)8(9,10)11/h2,4H,3,5H2,1H3. The molecule has 62 valence electrons. The van der Waals surface area contributed by atoms with Crippen LogP contribution in [0.5, 0.6) is 0 Å². The van der Waals surface area contributed by atoms with Crippen molar-refractivity contribution in [2.75, 3.05) is 0 Å². The number of rotatable bonds is 0. The van der Waals surface area contributed by atoms with Crippen molar-refractivity contribution in [2.24, 2.45) is 0 Å². The molecule has 0 spiro atoms. The zero-order chi connectivity index (χ0) is 8.48. The maximum absolute atomic E-state index is 12.1. The summed E-state index contributed by atoms with van der Waals surface area (Å²) in [6.07, 6.45) is -0.191. The third-order valence-electron chi connectivity index (χ3n) is 1.75. The van der Waals surface area contributed by atoms with E-state index in [0.29, 0.717) is 12.0 Å². The van der Waals surface area contributed by atoms with Crippen molar-refractivity contribution in [3.63, 3.8) is 0 Å². The molecular weight excluding hydrogens is 153 g/mol. The van der Waals surface area contributed by atoms with E-state index in [0.717, 1.165) is 0 Å². The average molecular weight is 162 g/mol. The Morgan fingerprint density at radius 2 is 2.00 bits per heavy atom. The highest BCUT2D eigenvalue weighted by Crippen LogP contribution is 2.34. The SMILES string of the molecule is CC1=C(C(F)(F)F)CCC=C1. The number of hydrogen-bond acceptors (Lipinski definition) is 0. The van der Waals surface area contributed by atoms with Crippen LogP contribution in [0.15, 0.2) is 23.3 Å². The van der Waals surface area contributed by atoms with Gasteiger partial charge in [-0.1, -0.05) is 12.2 Å². The van der Waals surface area contributed by atoms with Gasteiger partial charge in [-0.2, -0.15) is 13.2 Å². The fourth-order valence-corrected chi connectivity index (χ4v) is 1.15. The van der Waals surface area contributed by atoms with Gasteiger partial charge in [0.15, 0.2) is 0 Å². The highest BCUT2D eigenvalue weighted by atomic mass is 19.4. The molecule has 0 amide bonds. The predicted octanol–water partition coefficient (Wildman–Crippen LogP) is 3.22. The largest absolute Gasteiger partial charge is 0.412 e. The third-order valence-corrected chi connectivity index (χ3v) is 1.75. The van der Waals surface area contributed by atoms with Crippen LogP contribution in [0, 0.1) is 0 Å². The molecule has 11 heavy (non-hydrogen) atoms. The van der Waals surface area contributed by atoms with Gasteiger partial charge in [0.05, 0.1) is 0 Å². The van der Waals surface area contributed by atoms with E-state index in [4.69, 9.17) is 0 Å². The van der Waals surface area contributed by atoms with E-state index in [1.54, 1.807) is 6.08 Å². The van der Waals surface area contributed by atoms with Crippen molar-refractivity contribution in [2.45, 2.75) is 25.9 Å². The first kappa shape index (κ1) is 8.37. The van der Waals surface area contributed by atoms with Crippen LogP contribution in [0.1, 0.15) is 19.8 Å². The quantitative estimate of drug-likeness (QED) is 0.513. The van der Waals surface area contributed by atoms with Gasteiger partial charge in [0.25, 0.3) is 0 Å². The summed E-state index contributed by atoms with van der Waals surface area (Å²) in [6, 6.07) is 0. The summed E-state index contributed by atoms with van der Waals surface area (Å²) in [6.45, 7) is 1.50. The van der Waals surface area contributed by atoms with Crippen LogP contribution in [0.4, 0.5) is 13.2 Å². The molecule has 0 aliphatic heterocycles. The Morgan fingerprint density at radius 1 is 1.36 bits per heavy atom. The van der Waals surface area contributed by atoms with E-state index >= 15 is 0 Å². The first-order valence-electron chi connectivity index (χ1n) is 3.45. The molecule has 1 rings (SSSR count). The fraction of sp³-hybridized carbons (Fsp3) is 0.500. The Labute approximate surface area is 63.4 Å². The molecule has 0 nitrogen and oxygen atoms in total. The van der Waals surface area contributed by atoms with Crippen LogP contribution >= 0.6 is 0 Å². The van der Waals surface area contributed by atoms with Gasteiger partial charge in [0, 0.05) is 5.57 Å². The summed E-state index contributed by atoms with van der Waals surface area (Å²) >= 11 is 0. The first-order chi connectivity index (χ1) is 5.02. The van der Waals surface area contributed by atoms with E-state index in [1.807, 2.05) is 0 Å². The molecule has 0 aromatic carbocycles. The second-order valence-electron chi connectivity index (χ2n) is 2.60. The smallest absolute Gasteiger partial charge is 0.166 e. The van der Waals surface area contributed by atoms with E-state index < -0.39 is 6.18 Å². The molecule has 1 aliphatic carbocycles. The van der Waals surface area contributed by atoms with Gasteiger partial charge in [0.1, 0.15) is 0 Å². The molecule has 0 atom stereocenters. The molecule has 0 unspecified atom stereocenters.